The predicted octanol–water partition coefficient (Wildman–Crippen LogP) is 3.11. The van der Waals surface area contributed by atoms with Gasteiger partial charge in [-0.05, 0) is 57.6 Å². The summed E-state index contributed by atoms with van der Waals surface area (Å²) in [5.74, 6) is -0.169. The zero-order valence-corrected chi connectivity index (χ0v) is 15.0. The molecule has 0 unspecified atom stereocenters. The highest BCUT2D eigenvalue weighted by molar-refractivity contribution is 5.97. The highest BCUT2D eigenvalue weighted by Gasteiger charge is 2.27. The molecule has 1 saturated heterocycles. The van der Waals surface area contributed by atoms with Gasteiger partial charge in [-0.25, -0.2) is 9.18 Å². The molecule has 3 N–H and O–H groups in total. The van der Waals surface area contributed by atoms with E-state index in [1.54, 1.807) is 17.0 Å². The number of halogens is 1. The van der Waals surface area contributed by atoms with Crippen molar-refractivity contribution in [3.63, 3.8) is 0 Å². The summed E-state index contributed by atoms with van der Waals surface area (Å²) in [7, 11) is 0. The van der Waals surface area contributed by atoms with E-state index in [2.05, 4.69) is 5.16 Å². The summed E-state index contributed by atoms with van der Waals surface area (Å²) in [6.07, 6.45) is 1.92. The van der Waals surface area contributed by atoms with Crippen molar-refractivity contribution in [1.29, 1.82) is 0 Å². The van der Waals surface area contributed by atoms with Crippen molar-refractivity contribution in [2.45, 2.75) is 45.6 Å². The molecule has 25 heavy (non-hydrogen) atoms. The Morgan fingerprint density at radius 3 is 2.56 bits per heavy atom. The average molecular weight is 351 g/mol. The summed E-state index contributed by atoms with van der Waals surface area (Å²) in [4.78, 5) is 13.8. The number of rotatable bonds is 3. The van der Waals surface area contributed by atoms with Crippen molar-refractivity contribution < 1.29 is 19.1 Å². The van der Waals surface area contributed by atoms with Gasteiger partial charge in [-0.1, -0.05) is 17.3 Å². The summed E-state index contributed by atoms with van der Waals surface area (Å²) in [5.41, 5.74) is 5.92. The summed E-state index contributed by atoms with van der Waals surface area (Å²) in [5, 5.41) is 11.5. The molecule has 1 aromatic rings. The standard InChI is InChI=1S/C18H26FN3O3/c1-18(2,3)25-17(23)22-8-6-12(7-9-22)10-13-4-5-14(11-15(13)19)16(20)21-24/h4-5,11-12,24H,6-10H2,1-3H3,(H2,20,21). The van der Waals surface area contributed by atoms with Crippen molar-refractivity contribution in [1.82, 2.24) is 4.90 Å². The Kier molecular flexibility index (Phi) is 5.87. The van der Waals surface area contributed by atoms with E-state index in [0.29, 0.717) is 36.6 Å². The third-order valence-corrected chi connectivity index (χ3v) is 4.23. The number of likely N-dealkylation sites (tertiary alicyclic amines) is 1. The predicted molar refractivity (Wildman–Crippen MR) is 93.1 cm³/mol. The molecule has 0 atom stereocenters. The van der Waals surface area contributed by atoms with Crippen molar-refractivity contribution >= 4 is 11.9 Å². The maximum absolute atomic E-state index is 14.2. The summed E-state index contributed by atoms with van der Waals surface area (Å²) in [6.45, 7) is 6.77. The lowest BCUT2D eigenvalue weighted by Gasteiger charge is -2.33. The van der Waals surface area contributed by atoms with Gasteiger partial charge in [0.25, 0.3) is 0 Å². The molecule has 1 aliphatic rings. The minimum atomic E-state index is -0.501. The van der Waals surface area contributed by atoms with Crippen molar-refractivity contribution in [2.75, 3.05) is 13.1 Å². The van der Waals surface area contributed by atoms with Crippen LogP contribution in [-0.2, 0) is 11.2 Å². The first-order valence-corrected chi connectivity index (χ1v) is 8.44. The average Bonchev–Trinajstić information content (AvgIpc) is 2.55. The normalized spacial score (nSPS) is 16.8. The zero-order chi connectivity index (χ0) is 18.6. The van der Waals surface area contributed by atoms with E-state index >= 15 is 0 Å². The molecule has 1 aliphatic heterocycles. The van der Waals surface area contributed by atoms with Gasteiger partial charge in [-0.2, -0.15) is 0 Å². The second-order valence-electron chi connectivity index (χ2n) is 7.41. The Bertz CT molecular complexity index is 647. The maximum atomic E-state index is 14.2. The Labute approximate surface area is 147 Å². The molecule has 2 rings (SSSR count). The van der Waals surface area contributed by atoms with Gasteiger partial charge in [0.1, 0.15) is 11.4 Å². The molecule has 1 fully saturated rings. The van der Waals surface area contributed by atoms with E-state index in [0.717, 1.165) is 12.8 Å². The number of oxime groups is 1. The van der Waals surface area contributed by atoms with Crippen LogP contribution in [0.5, 0.6) is 0 Å². The minimum Gasteiger partial charge on any atom is -0.444 e. The molecule has 1 heterocycles. The van der Waals surface area contributed by atoms with Crippen LogP contribution in [0.4, 0.5) is 9.18 Å². The molecular weight excluding hydrogens is 325 g/mol. The lowest BCUT2D eigenvalue weighted by Crippen LogP contribution is -2.42. The fraction of sp³-hybridized carbons (Fsp3) is 0.556. The van der Waals surface area contributed by atoms with Gasteiger partial charge in [-0.3, -0.25) is 0 Å². The SMILES string of the molecule is CC(C)(C)OC(=O)N1CCC(Cc2ccc(C(N)=NO)cc2F)CC1. The zero-order valence-electron chi connectivity index (χ0n) is 15.0. The number of hydrogen-bond acceptors (Lipinski definition) is 4. The number of amides is 1. The van der Waals surface area contributed by atoms with Crippen LogP contribution < -0.4 is 5.73 Å². The highest BCUT2D eigenvalue weighted by atomic mass is 19.1. The quantitative estimate of drug-likeness (QED) is 0.379. The Hall–Kier alpha value is -2.31. The molecular formula is C18H26FN3O3. The first-order valence-electron chi connectivity index (χ1n) is 8.44. The number of nitrogens with two attached hydrogens (primary N) is 1. The third kappa shape index (κ3) is 5.34. The molecule has 0 aliphatic carbocycles. The molecule has 7 heteroatoms. The molecule has 0 bridgehead atoms. The molecule has 1 amide bonds. The number of nitrogens with zero attached hydrogens (tertiary/aromatic N) is 2. The molecule has 0 aromatic heterocycles. The number of carbonyl (C=O) groups is 1. The van der Waals surface area contributed by atoms with E-state index < -0.39 is 5.60 Å². The molecule has 1 aromatic carbocycles. The highest BCUT2D eigenvalue weighted by Crippen LogP contribution is 2.24. The molecule has 138 valence electrons. The van der Waals surface area contributed by atoms with Crippen LogP contribution in [0.1, 0.15) is 44.7 Å². The summed E-state index contributed by atoms with van der Waals surface area (Å²) >= 11 is 0. The van der Waals surface area contributed by atoms with Crippen molar-refractivity contribution in [2.24, 2.45) is 16.8 Å². The van der Waals surface area contributed by atoms with Crippen LogP contribution in [0.2, 0.25) is 0 Å². The van der Waals surface area contributed by atoms with Gasteiger partial charge < -0.3 is 20.6 Å². The van der Waals surface area contributed by atoms with Crippen LogP contribution in [0.3, 0.4) is 0 Å². The van der Waals surface area contributed by atoms with E-state index in [4.69, 9.17) is 15.7 Å². The topological polar surface area (TPSA) is 88.2 Å². The second kappa shape index (κ2) is 7.72. The van der Waals surface area contributed by atoms with Gasteiger partial charge in [0.05, 0.1) is 0 Å². The molecule has 0 spiro atoms. The van der Waals surface area contributed by atoms with Gasteiger partial charge in [0.15, 0.2) is 5.84 Å². The monoisotopic (exact) mass is 351 g/mol. The minimum absolute atomic E-state index is 0.115. The van der Waals surface area contributed by atoms with Gasteiger partial charge in [0, 0.05) is 18.7 Å². The van der Waals surface area contributed by atoms with E-state index in [9.17, 15) is 9.18 Å². The van der Waals surface area contributed by atoms with Crippen LogP contribution >= 0.6 is 0 Å². The Balaban J connectivity index is 1.91. The first-order chi connectivity index (χ1) is 11.7. The number of hydrogen-bond donors (Lipinski definition) is 2. The number of benzene rings is 1. The molecule has 0 saturated carbocycles. The smallest absolute Gasteiger partial charge is 0.410 e. The van der Waals surface area contributed by atoms with E-state index in [1.165, 1.54) is 6.07 Å². The van der Waals surface area contributed by atoms with Crippen LogP contribution in [0.15, 0.2) is 23.4 Å². The Morgan fingerprint density at radius 1 is 1.40 bits per heavy atom. The largest absolute Gasteiger partial charge is 0.444 e. The van der Waals surface area contributed by atoms with Gasteiger partial charge >= 0.3 is 6.09 Å². The summed E-state index contributed by atoms with van der Waals surface area (Å²) < 4.78 is 19.6. The third-order valence-electron chi connectivity index (χ3n) is 4.23. The first kappa shape index (κ1) is 19.0. The van der Waals surface area contributed by atoms with E-state index in [-0.39, 0.29) is 17.7 Å². The van der Waals surface area contributed by atoms with Crippen molar-refractivity contribution in [3.8, 4) is 0 Å². The van der Waals surface area contributed by atoms with Crippen LogP contribution in [0, 0.1) is 11.7 Å². The lowest BCUT2D eigenvalue weighted by atomic mass is 9.89. The number of ether oxygens (including phenoxy) is 1. The fourth-order valence-electron chi connectivity index (χ4n) is 2.89. The lowest BCUT2D eigenvalue weighted by molar-refractivity contribution is 0.0184. The maximum Gasteiger partial charge on any atom is 0.410 e. The summed E-state index contributed by atoms with van der Waals surface area (Å²) in [6, 6.07) is 4.59. The second-order valence-corrected chi connectivity index (χ2v) is 7.41. The van der Waals surface area contributed by atoms with Crippen molar-refractivity contribution in [3.05, 3.63) is 35.1 Å². The fourth-order valence-corrected chi connectivity index (χ4v) is 2.89. The Morgan fingerprint density at radius 2 is 2.04 bits per heavy atom. The van der Waals surface area contributed by atoms with Gasteiger partial charge in [0.2, 0.25) is 0 Å². The van der Waals surface area contributed by atoms with Crippen LogP contribution in [-0.4, -0.2) is 40.7 Å². The molecule has 6 nitrogen and oxygen atoms in total. The molecule has 0 radical (unpaired) electrons. The van der Waals surface area contributed by atoms with Gasteiger partial charge in [-0.15, -0.1) is 0 Å². The van der Waals surface area contributed by atoms with E-state index in [1.807, 2.05) is 20.8 Å². The number of piperidine rings is 1. The number of amidine groups is 1. The number of carbonyl (C=O) groups excluding carboxylic acids is 1. The van der Waals surface area contributed by atoms with Crippen LogP contribution in [0.25, 0.3) is 0 Å².